The molecule has 0 spiro atoms. The SMILES string of the molecule is CCCC(N)CC(=O)Nc1ccccc1N1CCCCC1. The van der Waals surface area contributed by atoms with Crippen molar-refractivity contribution in [2.75, 3.05) is 23.3 Å². The van der Waals surface area contributed by atoms with Crippen LogP contribution in [0.2, 0.25) is 0 Å². The van der Waals surface area contributed by atoms with Crippen molar-refractivity contribution >= 4 is 17.3 Å². The standard InChI is InChI=1S/C17H27N3O/c1-2-8-14(18)13-17(21)19-15-9-4-5-10-16(15)20-11-6-3-7-12-20/h4-5,9-10,14H,2-3,6-8,11-13,18H2,1H3,(H,19,21). The smallest absolute Gasteiger partial charge is 0.225 e. The third kappa shape index (κ3) is 4.74. The highest BCUT2D eigenvalue weighted by Gasteiger charge is 2.16. The Bertz CT molecular complexity index is 455. The summed E-state index contributed by atoms with van der Waals surface area (Å²) < 4.78 is 0. The van der Waals surface area contributed by atoms with Crippen molar-refractivity contribution in [2.45, 2.75) is 51.5 Å². The van der Waals surface area contributed by atoms with E-state index in [0.29, 0.717) is 6.42 Å². The maximum absolute atomic E-state index is 12.1. The van der Waals surface area contributed by atoms with Crippen LogP contribution in [0.15, 0.2) is 24.3 Å². The van der Waals surface area contributed by atoms with Crippen molar-refractivity contribution in [3.63, 3.8) is 0 Å². The molecule has 1 aromatic carbocycles. The summed E-state index contributed by atoms with van der Waals surface area (Å²) in [5.74, 6) is 0.0143. The van der Waals surface area contributed by atoms with Gasteiger partial charge >= 0.3 is 0 Å². The number of carbonyl (C=O) groups is 1. The molecule has 21 heavy (non-hydrogen) atoms. The number of hydrogen-bond acceptors (Lipinski definition) is 3. The minimum Gasteiger partial charge on any atom is -0.370 e. The van der Waals surface area contributed by atoms with E-state index >= 15 is 0 Å². The quantitative estimate of drug-likeness (QED) is 0.846. The minimum atomic E-state index is -0.0443. The molecule has 1 unspecified atom stereocenters. The number of nitrogens with zero attached hydrogens (tertiary/aromatic N) is 1. The summed E-state index contributed by atoms with van der Waals surface area (Å²) in [6, 6.07) is 8.02. The van der Waals surface area contributed by atoms with Gasteiger partial charge in [-0.2, -0.15) is 0 Å². The Morgan fingerprint density at radius 1 is 1.29 bits per heavy atom. The van der Waals surface area contributed by atoms with Crippen LogP contribution in [0.5, 0.6) is 0 Å². The summed E-state index contributed by atoms with van der Waals surface area (Å²) in [5.41, 5.74) is 7.99. The van der Waals surface area contributed by atoms with Crippen LogP contribution in [0.4, 0.5) is 11.4 Å². The lowest BCUT2D eigenvalue weighted by Crippen LogP contribution is -2.31. The van der Waals surface area contributed by atoms with Gasteiger partial charge in [-0.3, -0.25) is 4.79 Å². The van der Waals surface area contributed by atoms with Crippen molar-refractivity contribution in [1.82, 2.24) is 0 Å². The molecule has 1 aliphatic heterocycles. The van der Waals surface area contributed by atoms with Gasteiger partial charge in [-0.1, -0.05) is 25.5 Å². The van der Waals surface area contributed by atoms with Gasteiger partial charge in [0.2, 0.25) is 5.91 Å². The van der Waals surface area contributed by atoms with Gasteiger partial charge in [-0.15, -0.1) is 0 Å². The molecule has 4 nitrogen and oxygen atoms in total. The molecule has 0 bridgehead atoms. The number of piperidine rings is 1. The topological polar surface area (TPSA) is 58.4 Å². The highest BCUT2D eigenvalue weighted by Crippen LogP contribution is 2.28. The number of nitrogens with one attached hydrogen (secondary N) is 1. The molecule has 116 valence electrons. The Balaban J connectivity index is 2.00. The molecule has 0 aromatic heterocycles. The molecule has 3 N–H and O–H groups in total. The molecule has 0 saturated carbocycles. The van der Waals surface area contributed by atoms with Crippen molar-refractivity contribution in [1.29, 1.82) is 0 Å². The summed E-state index contributed by atoms with van der Waals surface area (Å²) >= 11 is 0. The van der Waals surface area contributed by atoms with Crippen LogP contribution in [0.25, 0.3) is 0 Å². The minimum absolute atomic E-state index is 0.0143. The summed E-state index contributed by atoms with van der Waals surface area (Å²) in [6.45, 7) is 4.23. The van der Waals surface area contributed by atoms with E-state index in [1.54, 1.807) is 0 Å². The predicted octanol–water partition coefficient (Wildman–Crippen LogP) is 3.13. The third-order valence-corrected chi connectivity index (χ3v) is 3.98. The molecule has 1 atom stereocenters. The van der Waals surface area contributed by atoms with Crippen molar-refractivity contribution in [3.05, 3.63) is 24.3 Å². The molecular weight excluding hydrogens is 262 g/mol. The third-order valence-electron chi connectivity index (χ3n) is 3.98. The fourth-order valence-electron chi connectivity index (χ4n) is 2.90. The molecule has 1 amide bonds. The van der Waals surface area contributed by atoms with E-state index < -0.39 is 0 Å². The van der Waals surface area contributed by atoms with E-state index in [1.165, 1.54) is 19.3 Å². The molecule has 2 rings (SSSR count). The molecule has 1 heterocycles. The number of para-hydroxylation sites is 2. The zero-order chi connectivity index (χ0) is 15.1. The largest absolute Gasteiger partial charge is 0.370 e. The van der Waals surface area contributed by atoms with Crippen LogP contribution in [0.1, 0.15) is 45.4 Å². The number of carbonyl (C=O) groups excluding carboxylic acids is 1. The lowest BCUT2D eigenvalue weighted by atomic mass is 10.1. The molecule has 1 fully saturated rings. The Morgan fingerprint density at radius 2 is 2.00 bits per heavy atom. The number of hydrogen-bond donors (Lipinski definition) is 2. The second kappa shape index (κ2) is 8.03. The van der Waals surface area contributed by atoms with Gasteiger partial charge in [0.05, 0.1) is 11.4 Å². The molecule has 1 saturated heterocycles. The van der Waals surface area contributed by atoms with Crippen molar-refractivity contribution in [2.24, 2.45) is 5.73 Å². The van der Waals surface area contributed by atoms with Gasteiger partial charge in [0.25, 0.3) is 0 Å². The summed E-state index contributed by atoms with van der Waals surface area (Å²) in [5, 5.41) is 3.04. The Labute approximate surface area is 127 Å². The number of rotatable bonds is 6. The van der Waals surface area contributed by atoms with Gasteiger partial charge in [-0.05, 0) is 37.8 Å². The molecule has 1 aliphatic rings. The first-order valence-corrected chi connectivity index (χ1v) is 8.10. The average molecular weight is 289 g/mol. The first-order chi connectivity index (χ1) is 10.2. The monoisotopic (exact) mass is 289 g/mol. The number of nitrogens with two attached hydrogens (primary N) is 1. The van der Waals surface area contributed by atoms with Crippen LogP contribution < -0.4 is 16.0 Å². The normalized spacial score (nSPS) is 16.6. The fraction of sp³-hybridized carbons (Fsp3) is 0.588. The zero-order valence-corrected chi connectivity index (χ0v) is 13.0. The van der Waals surface area contributed by atoms with Crippen LogP contribution in [-0.4, -0.2) is 25.0 Å². The van der Waals surface area contributed by atoms with Crippen LogP contribution in [-0.2, 0) is 4.79 Å². The van der Waals surface area contributed by atoms with E-state index in [-0.39, 0.29) is 11.9 Å². The first kappa shape index (κ1) is 15.8. The van der Waals surface area contributed by atoms with E-state index in [0.717, 1.165) is 37.3 Å². The van der Waals surface area contributed by atoms with E-state index in [9.17, 15) is 4.79 Å². The van der Waals surface area contributed by atoms with E-state index in [1.807, 2.05) is 18.2 Å². The van der Waals surface area contributed by atoms with E-state index in [4.69, 9.17) is 5.73 Å². The number of benzene rings is 1. The van der Waals surface area contributed by atoms with Crippen LogP contribution in [0.3, 0.4) is 0 Å². The molecule has 1 aromatic rings. The highest BCUT2D eigenvalue weighted by atomic mass is 16.1. The second-order valence-corrected chi connectivity index (χ2v) is 5.87. The summed E-state index contributed by atoms with van der Waals surface area (Å²) in [6.07, 6.45) is 6.05. The zero-order valence-electron chi connectivity index (χ0n) is 13.0. The fourth-order valence-corrected chi connectivity index (χ4v) is 2.90. The Hall–Kier alpha value is -1.55. The van der Waals surface area contributed by atoms with Crippen molar-refractivity contribution in [3.8, 4) is 0 Å². The molecule has 0 radical (unpaired) electrons. The first-order valence-electron chi connectivity index (χ1n) is 8.10. The second-order valence-electron chi connectivity index (χ2n) is 5.87. The maximum Gasteiger partial charge on any atom is 0.225 e. The molecule has 4 heteroatoms. The average Bonchev–Trinajstić information content (AvgIpc) is 2.48. The van der Waals surface area contributed by atoms with Crippen molar-refractivity contribution < 1.29 is 4.79 Å². The Morgan fingerprint density at radius 3 is 2.71 bits per heavy atom. The Kier molecular flexibility index (Phi) is 6.05. The van der Waals surface area contributed by atoms with Gasteiger partial charge in [0.1, 0.15) is 0 Å². The van der Waals surface area contributed by atoms with Gasteiger partial charge in [0, 0.05) is 25.6 Å². The number of anilines is 2. The highest BCUT2D eigenvalue weighted by molar-refractivity contribution is 5.94. The van der Waals surface area contributed by atoms with Crippen LogP contribution >= 0.6 is 0 Å². The number of amides is 1. The molecule has 0 aliphatic carbocycles. The lowest BCUT2D eigenvalue weighted by molar-refractivity contribution is -0.116. The van der Waals surface area contributed by atoms with Crippen LogP contribution in [0, 0.1) is 0 Å². The molecular formula is C17H27N3O. The summed E-state index contributed by atoms with van der Waals surface area (Å²) in [7, 11) is 0. The lowest BCUT2D eigenvalue weighted by Gasteiger charge is -2.30. The maximum atomic E-state index is 12.1. The predicted molar refractivity (Wildman–Crippen MR) is 88.6 cm³/mol. The van der Waals surface area contributed by atoms with Gasteiger partial charge in [0.15, 0.2) is 0 Å². The van der Waals surface area contributed by atoms with Gasteiger partial charge in [-0.25, -0.2) is 0 Å². The van der Waals surface area contributed by atoms with Gasteiger partial charge < -0.3 is 16.0 Å². The summed E-state index contributed by atoms with van der Waals surface area (Å²) in [4.78, 5) is 14.5. The van der Waals surface area contributed by atoms with E-state index in [2.05, 4.69) is 23.2 Å².